The van der Waals surface area contributed by atoms with Gasteiger partial charge in [0.2, 0.25) is 0 Å². The molecule has 2 aromatic carbocycles. The summed E-state index contributed by atoms with van der Waals surface area (Å²) in [5.74, 6) is -1.27. The van der Waals surface area contributed by atoms with Gasteiger partial charge in [0.05, 0.1) is 28.8 Å². The lowest BCUT2D eigenvalue weighted by molar-refractivity contribution is -0.137. The Balaban J connectivity index is 1.69. The van der Waals surface area contributed by atoms with E-state index in [0.717, 1.165) is 27.8 Å². The minimum atomic E-state index is -1.01. The Morgan fingerprint density at radius 1 is 1.37 bits per heavy atom. The summed E-state index contributed by atoms with van der Waals surface area (Å²) in [5, 5.41) is 18.0. The van der Waals surface area contributed by atoms with E-state index in [9.17, 15) is 9.59 Å². The number of carbonyl (C=O) groups excluding carboxylic acids is 1. The van der Waals surface area contributed by atoms with Crippen LogP contribution in [0.1, 0.15) is 21.6 Å². The molecule has 1 aliphatic heterocycles. The number of amides is 1. The Morgan fingerprint density at radius 2 is 2.19 bits per heavy atom. The molecule has 0 radical (unpaired) electrons. The maximum atomic E-state index is 12.7. The van der Waals surface area contributed by atoms with Gasteiger partial charge in [-0.2, -0.15) is 5.10 Å². The second kappa shape index (κ2) is 7.09. The van der Waals surface area contributed by atoms with Crippen LogP contribution in [0.15, 0.2) is 36.4 Å². The van der Waals surface area contributed by atoms with Crippen molar-refractivity contribution in [2.24, 2.45) is 0 Å². The van der Waals surface area contributed by atoms with Gasteiger partial charge in [-0.05, 0) is 58.8 Å². The summed E-state index contributed by atoms with van der Waals surface area (Å²) in [7, 11) is 0. The van der Waals surface area contributed by atoms with Crippen LogP contribution in [-0.2, 0) is 11.3 Å². The van der Waals surface area contributed by atoms with Gasteiger partial charge >= 0.3 is 5.97 Å². The van der Waals surface area contributed by atoms with Crippen molar-refractivity contribution < 1.29 is 14.7 Å². The van der Waals surface area contributed by atoms with Crippen LogP contribution in [-0.4, -0.2) is 38.0 Å². The molecule has 0 saturated heterocycles. The number of hydrogen-bond acceptors (Lipinski definition) is 4. The molecule has 0 aliphatic carbocycles. The molecular weight excluding hydrogens is 478 g/mol. The maximum absolute atomic E-state index is 12.7. The van der Waals surface area contributed by atoms with Crippen LogP contribution < -0.4 is 5.32 Å². The highest BCUT2D eigenvalue weighted by Gasteiger charge is 2.31. The van der Waals surface area contributed by atoms with Gasteiger partial charge < -0.3 is 15.3 Å². The van der Waals surface area contributed by atoms with E-state index in [1.165, 1.54) is 4.90 Å². The number of aromatic nitrogens is 2. The van der Waals surface area contributed by atoms with Crippen LogP contribution in [0, 0.1) is 6.92 Å². The van der Waals surface area contributed by atoms with Crippen molar-refractivity contribution in [2.75, 3.05) is 11.9 Å². The normalized spacial score (nSPS) is 13.7. The van der Waals surface area contributed by atoms with Crippen molar-refractivity contribution in [2.45, 2.75) is 13.5 Å². The number of anilines is 2. The van der Waals surface area contributed by atoms with Gasteiger partial charge in [0.15, 0.2) is 0 Å². The van der Waals surface area contributed by atoms with Crippen LogP contribution >= 0.6 is 28.4 Å². The fourth-order valence-electron chi connectivity index (χ4n) is 3.38. The van der Waals surface area contributed by atoms with Crippen LogP contribution in [0.25, 0.3) is 10.9 Å². The van der Waals surface area contributed by atoms with Gasteiger partial charge in [-0.1, -0.05) is 12.1 Å². The van der Waals surface area contributed by atoms with Crippen molar-refractivity contribution in [1.82, 2.24) is 14.5 Å². The average molecular weight is 494 g/mol. The number of hydrogen-bond donors (Lipinski definition) is 2. The van der Waals surface area contributed by atoms with E-state index in [0.29, 0.717) is 24.2 Å². The van der Waals surface area contributed by atoms with Crippen molar-refractivity contribution in [3.05, 3.63) is 53.2 Å². The second-order valence-corrected chi connectivity index (χ2v) is 8.37. The highest BCUT2D eigenvalue weighted by Crippen LogP contribution is 2.34. The standard InChI is InChI=1S/C18H16IN4O3P/c1-10-13-6-5-12(7-15(13)23(21-10)27-19)20-14-4-2-3-11-8-22(9-16(24)25)18(26)17(11)14/h2-7,20,27H,8-9H2,1H3,(H,24,25). The Labute approximate surface area is 170 Å². The molecule has 1 atom stereocenters. The van der Waals surface area contributed by atoms with Gasteiger partial charge in [0.1, 0.15) is 6.54 Å². The van der Waals surface area contributed by atoms with Gasteiger partial charge in [-0.3, -0.25) is 9.59 Å². The fourth-order valence-corrected chi connectivity index (χ4v) is 4.95. The second-order valence-electron chi connectivity index (χ2n) is 6.33. The molecule has 138 valence electrons. The summed E-state index contributed by atoms with van der Waals surface area (Å²) in [5.41, 5.74) is 4.94. The first-order chi connectivity index (χ1) is 13.0. The third kappa shape index (κ3) is 3.27. The number of aryl methyl sites for hydroxylation is 1. The molecule has 0 bridgehead atoms. The number of rotatable bonds is 5. The summed E-state index contributed by atoms with van der Waals surface area (Å²) >= 11 is 2.30. The van der Waals surface area contributed by atoms with E-state index in [1.807, 2.05) is 47.8 Å². The number of fused-ring (bicyclic) bond motifs is 2. The topological polar surface area (TPSA) is 87.5 Å². The molecule has 1 unspecified atom stereocenters. The summed E-state index contributed by atoms with van der Waals surface area (Å²) in [4.78, 5) is 25.0. The number of nitrogens with zero attached hydrogens (tertiary/aromatic N) is 3. The van der Waals surface area contributed by atoms with Gasteiger partial charge in [0.25, 0.3) is 5.91 Å². The third-order valence-corrected chi connectivity index (χ3v) is 6.44. The number of carboxylic acids is 1. The Bertz CT molecular complexity index is 1080. The van der Waals surface area contributed by atoms with E-state index in [4.69, 9.17) is 5.11 Å². The molecule has 0 fully saturated rings. The summed E-state index contributed by atoms with van der Waals surface area (Å²) in [6.07, 6.45) is 0.496. The molecule has 4 rings (SSSR count). The van der Waals surface area contributed by atoms with Gasteiger partial charge in [-0.25, -0.2) is 4.45 Å². The van der Waals surface area contributed by atoms with E-state index in [1.54, 1.807) is 0 Å². The first kappa shape index (κ1) is 18.2. The molecule has 2 N–H and O–H groups in total. The highest BCUT2D eigenvalue weighted by atomic mass is 127. The molecule has 0 saturated carbocycles. The van der Waals surface area contributed by atoms with E-state index < -0.39 is 5.97 Å². The third-order valence-electron chi connectivity index (χ3n) is 4.56. The fraction of sp³-hybridized carbons (Fsp3) is 0.167. The number of benzene rings is 2. The van der Waals surface area contributed by atoms with Gasteiger partial charge in [0, 0.05) is 17.6 Å². The quantitative estimate of drug-likeness (QED) is 0.415. The van der Waals surface area contributed by atoms with Crippen LogP contribution in [0.3, 0.4) is 0 Å². The number of carbonyl (C=O) groups is 2. The zero-order chi connectivity index (χ0) is 19.1. The largest absolute Gasteiger partial charge is 0.480 e. The first-order valence-corrected chi connectivity index (χ1v) is 12.3. The Morgan fingerprint density at radius 3 is 2.93 bits per heavy atom. The van der Waals surface area contributed by atoms with Crippen molar-refractivity contribution in [3.63, 3.8) is 0 Å². The smallest absolute Gasteiger partial charge is 0.323 e. The highest BCUT2D eigenvalue weighted by molar-refractivity contribution is 14.2. The minimum absolute atomic E-state index is 0.258. The average Bonchev–Trinajstić information content (AvgIpc) is 3.12. The molecule has 1 amide bonds. The lowest BCUT2D eigenvalue weighted by Crippen LogP contribution is -2.30. The summed E-state index contributed by atoms with van der Waals surface area (Å²) in [6, 6.07) is 11.6. The van der Waals surface area contributed by atoms with E-state index in [2.05, 4.69) is 32.5 Å². The molecule has 0 spiro atoms. The van der Waals surface area contributed by atoms with Crippen LogP contribution in [0.5, 0.6) is 0 Å². The number of aliphatic carboxylic acids is 1. The zero-order valence-corrected chi connectivity index (χ0v) is 17.5. The predicted octanol–water partition coefficient (Wildman–Crippen LogP) is 3.92. The Kier molecular flexibility index (Phi) is 4.77. The summed E-state index contributed by atoms with van der Waals surface area (Å²) < 4.78 is 1.96. The molecule has 7 nitrogen and oxygen atoms in total. The first-order valence-electron chi connectivity index (χ1n) is 8.24. The molecule has 27 heavy (non-hydrogen) atoms. The number of carboxylic acid groups (broad SMARTS) is 1. The number of nitrogens with one attached hydrogen (secondary N) is 1. The monoisotopic (exact) mass is 494 g/mol. The molecule has 1 aliphatic rings. The van der Waals surface area contributed by atoms with E-state index in [-0.39, 0.29) is 12.5 Å². The minimum Gasteiger partial charge on any atom is -0.480 e. The molecule has 2 heterocycles. The zero-order valence-electron chi connectivity index (χ0n) is 14.4. The number of halogens is 1. The lowest BCUT2D eigenvalue weighted by Gasteiger charge is -2.13. The van der Waals surface area contributed by atoms with Crippen molar-refractivity contribution >= 4 is 62.6 Å². The predicted molar refractivity (Wildman–Crippen MR) is 114 cm³/mol. The van der Waals surface area contributed by atoms with Crippen molar-refractivity contribution in [3.8, 4) is 0 Å². The lowest BCUT2D eigenvalue weighted by atomic mass is 10.1. The maximum Gasteiger partial charge on any atom is 0.323 e. The molecule has 3 aromatic rings. The van der Waals surface area contributed by atoms with Crippen LogP contribution in [0.4, 0.5) is 11.4 Å². The molecule has 9 heteroatoms. The molecule has 1 aromatic heterocycles. The summed E-state index contributed by atoms with van der Waals surface area (Å²) in [6.45, 7) is 2.01. The van der Waals surface area contributed by atoms with Gasteiger partial charge in [-0.15, -0.1) is 0 Å². The van der Waals surface area contributed by atoms with E-state index >= 15 is 0 Å². The Hall–Kier alpha value is -2.19. The SMILES string of the molecule is Cc1nn(PI)c2cc(Nc3cccc4c3C(=O)N(CC(=O)O)C4)ccc12. The molecular formula is C18H16IN4O3P. The van der Waals surface area contributed by atoms with Crippen LogP contribution in [0.2, 0.25) is 0 Å². The van der Waals surface area contributed by atoms with Crippen molar-refractivity contribution in [1.29, 1.82) is 0 Å².